The van der Waals surface area contributed by atoms with Crippen LogP contribution in [0.5, 0.6) is 0 Å². The van der Waals surface area contributed by atoms with Gasteiger partial charge in [-0.15, -0.1) is 34.1 Å². The number of rotatable bonds is 0. The van der Waals surface area contributed by atoms with E-state index in [0.29, 0.717) is 0 Å². The summed E-state index contributed by atoms with van der Waals surface area (Å²) in [6.07, 6.45) is 0. The second-order valence-electron chi connectivity index (χ2n) is 1.86. The quantitative estimate of drug-likeness (QED) is 0.560. The van der Waals surface area contributed by atoms with Gasteiger partial charge in [0.25, 0.3) is 0 Å². The number of halogens is 2. The molecule has 0 aliphatic carbocycles. The van der Waals surface area contributed by atoms with E-state index in [1.165, 1.54) is 10.9 Å². The molecular weight excluding hydrogens is 186 g/mol. The Kier molecular flexibility index (Phi) is 7.69. The lowest BCUT2D eigenvalue weighted by Gasteiger charge is -1.93. The van der Waals surface area contributed by atoms with Gasteiger partial charge < -0.3 is 0 Å². The monoisotopic (exact) mass is 196 g/mol. The summed E-state index contributed by atoms with van der Waals surface area (Å²) in [6.45, 7) is 2.10. The van der Waals surface area contributed by atoms with Crippen molar-refractivity contribution in [1.82, 2.24) is 0 Å². The largest absolute Gasteiger partial charge is 0.147 e. The summed E-state index contributed by atoms with van der Waals surface area (Å²) in [6, 6.07) is 8.26. The fourth-order valence-electron chi connectivity index (χ4n) is 0.587. The van der Waals surface area contributed by atoms with Gasteiger partial charge in [0.2, 0.25) is 0 Å². The maximum atomic E-state index is 2.69. The van der Waals surface area contributed by atoms with Crippen LogP contribution in [0.1, 0.15) is 5.56 Å². The minimum absolute atomic E-state index is 0. The van der Waals surface area contributed by atoms with Crippen LogP contribution in [-0.2, 0) is 0 Å². The molecule has 0 saturated heterocycles. The Bertz CT molecular complexity index is 168. The second kappa shape index (κ2) is 5.97. The summed E-state index contributed by atoms with van der Waals surface area (Å²) in [5.41, 5.74) is 1.33. The molecule has 0 radical (unpaired) electrons. The molecule has 0 spiro atoms. The molecule has 1 aromatic carbocycles. The van der Waals surface area contributed by atoms with Gasteiger partial charge in [-0.1, -0.05) is 24.3 Å². The third-order valence-electron chi connectivity index (χ3n) is 1.19. The number of benzene rings is 1. The fourth-order valence-corrected chi connectivity index (χ4v) is 0.794. The lowest BCUT2D eigenvalue weighted by atomic mass is 10.2. The Morgan fingerprint density at radius 2 is 1.60 bits per heavy atom. The smallest absolute Gasteiger partial charge is 0.0274 e. The van der Waals surface area contributed by atoms with Crippen molar-refractivity contribution in [2.45, 2.75) is 6.92 Å². The summed E-state index contributed by atoms with van der Waals surface area (Å²) in [7, 11) is 2.69. The molecule has 0 fully saturated rings. The van der Waals surface area contributed by atoms with Crippen LogP contribution in [0, 0.1) is 6.92 Å². The minimum atomic E-state index is 0. The zero-order chi connectivity index (χ0) is 5.98. The molecule has 0 aliphatic heterocycles. The predicted octanol–water partition coefficient (Wildman–Crippen LogP) is 2.34. The van der Waals surface area contributed by atoms with Gasteiger partial charge in [0, 0.05) is 0 Å². The van der Waals surface area contributed by atoms with Gasteiger partial charge in [0.15, 0.2) is 0 Å². The maximum absolute atomic E-state index is 2.69. The molecule has 3 heteroatoms. The van der Waals surface area contributed by atoms with Crippen molar-refractivity contribution in [2.24, 2.45) is 0 Å². The summed E-state index contributed by atoms with van der Waals surface area (Å²) in [4.78, 5) is 0. The lowest BCUT2D eigenvalue weighted by molar-refractivity contribution is 1.52. The van der Waals surface area contributed by atoms with E-state index in [0.717, 1.165) is 0 Å². The lowest BCUT2D eigenvalue weighted by Crippen LogP contribution is -1.92. The van der Waals surface area contributed by atoms with E-state index < -0.39 is 0 Å². The van der Waals surface area contributed by atoms with Crippen molar-refractivity contribution >= 4 is 39.4 Å². The number of hydrogen-bond donors (Lipinski definition) is 0. The van der Waals surface area contributed by atoms with Crippen LogP contribution in [-0.4, -0.2) is 0 Å². The molecule has 0 bridgehead atoms. The Morgan fingerprint density at radius 3 is 1.90 bits per heavy atom. The summed E-state index contributed by atoms with van der Waals surface area (Å²) >= 11 is 0. The van der Waals surface area contributed by atoms with E-state index in [1.54, 1.807) is 0 Å². The molecule has 0 saturated carbocycles. The van der Waals surface area contributed by atoms with Crippen molar-refractivity contribution in [3.8, 4) is 0 Å². The van der Waals surface area contributed by atoms with E-state index in [2.05, 4.69) is 28.3 Å². The topological polar surface area (TPSA) is 0 Å². The van der Waals surface area contributed by atoms with Crippen LogP contribution in [0.4, 0.5) is 0 Å². The molecular formula is C7H11Cl2P. The first kappa shape index (κ1) is 12.9. The van der Waals surface area contributed by atoms with Crippen LogP contribution in [0.25, 0.3) is 0 Å². The van der Waals surface area contributed by atoms with Crippen LogP contribution in [0.15, 0.2) is 24.3 Å². The third-order valence-corrected chi connectivity index (χ3v) is 1.84. The number of aryl methyl sites for hydroxylation is 1. The first-order valence-electron chi connectivity index (χ1n) is 2.62. The van der Waals surface area contributed by atoms with Crippen LogP contribution < -0.4 is 5.30 Å². The standard InChI is InChI=1S/C7H9P.2ClH/c1-6-4-2-3-5-7(6)8;;/h2-5H,8H2,1H3;2*1H. The molecule has 0 heterocycles. The highest BCUT2D eigenvalue weighted by Gasteiger charge is 1.84. The molecule has 0 N–H and O–H groups in total. The molecule has 1 rings (SSSR count). The van der Waals surface area contributed by atoms with E-state index in [-0.39, 0.29) is 24.8 Å². The average molecular weight is 197 g/mol. The van der Waals surface area contributed by atoms with Gasteiger partial charge in [-0.25, -0.2) is 0 Å². The minimum Gasteiger partial charge on any atom is -0.147 e. The molecule has 1 unspecified atom stereocenters. The molecule has 0 aliphatic rings. The molecule has 0 nitrogen and oxygen atoms in total. The van der Waals surface area contributed by atoms with Crippen molar-refractivity contribution in [2.75, 3.05) is 0 Å². The molecule has 1 aromatic rings. The summed E-state index contributed by atoms with van der Waals surface area (Å²) in [5, 5.41) is 1.28. The Morgan fingerprint density at radius 1 is 1.10 bits per heavy atom. The zero-order valence-corrected chi connectivity index (χ0v) is 8.49. The Balaban J connectivity index is 0. The van der Waals surface area contributed by atoms with Crippen molar-refractivity contribution < 1.29 is 0 Å². The van der Waals surface area contributed by atoms with E-state index in [4.69, 9.17) is 0 Å². The van der Waals surface area contributed by atoms with Crippen LogP contribution in [0.3, 0.4) is 0 Å². The van der Waals surface area contributed by atoms with Crippen molar-refractivity contribution in [1.29, 1.82) is 0 Å². The molecule has 10 heavy (non-hydrogen) atoms. The highest BCUT2D eigenvalue weighted by molar-refractivity contribution is 7.27. The zero-order valence-electron chi connectivity index (χ0n) is 5.70. The normalized spacial score (nSPS) is 7.40. The molecule has 1 atom stereocenters. The van der Waals surface area contributed by atoms with Crippen LogP contribution >= 0.6 is 34.1 Å². The van der Waals surface area contributed by atoms with Crippen molar-refractivity contribution in [3.63, 3.8) is 0 Å². The highest BCUT2D eigenvalue weighted by Crippen LogP contribution is 1.96. The molecule has 0 aromatic heterocycles. The van der Waals surface area contributed by atoms with E-state index in [1.807, 2.05) is 12.1 Å². The second-order valence-corrected chi connectivity index (χ2v) is 2.48. The van der Waals surface area contributed by atoms with Gasteiger partial charge in [-0.3, -0.25) is 0 Å². The molecule has 0 amide bonds. The first-order chi connectivity index (χ1) is 3.80. The average Bonchev–Trinajstić information content (AvgIpc) is 1.77. The van der Waals surface area contributed by atoms with Gasteiger partial charge in [-0.2, -0.15) is 0 Å². The summed E-state index contributed by atoms with van der Waals surface area (Å²) in [5.74, 6) is 0. The molecule has 58 valence electrons. The Hall–Kier alpha value is 0.230. The van der Waals surface area contributed by atoms with Gasteiger partial charge >= 0.3 is 0 Å². The fraction of sp³-hybridized carbons (Fsp3) is 0.143. The maximum Gasteiger partial charge on any atom is -0.0274 e. The SMILES string of the molecule is Cc1ccccc1P.Cl.Cl. The van der Waals surface area contributed by atoms with Gasteiger partial charge in [0.05, 0.1) is 0 Å². The van der Waals surface area contributed by atoms with E-state index in [9.17, 15) is 0 Å². The number of hydrogen-bond acceptors (Lipinski definition) is 0. The van der Waals surface area contributed by atoms with Gasteiger partial charge in [-0.05, 0) is 17.8 Å². The Labute approximate surface area is 76.4 Å². The van der Waals surface area contributed by atoms with Crippen molar-refractivity contribution in [3.05, 3.63) is 29.8 Å². The first-order valence-corrected chi connectivity index (χ1v) is 3.19. The predicted molar refractivity (Wildman–Crippen MR) is 55.0 cm³/mol. The van der Waals surface area contributed by atoms with Crippen LogP contribution in [0.2, 0.25) is 0 Å². The van der Waals surface area contributed by atoms with Gasteiger partial charge in [0.1, 0.15) is 0 Å². The van der Waals surface area contributed by atoms with E-state index >= 15 is 0 Å². The summed E-state index contributed by atoms with van der Waals surface area (Å²) < 4.78 is 0. The highest BCUT2D eigenvalue weighted by atomic mass is 35.5. The third kappa shape index (κ3) is 3.41.